The summed E-state index contributed by atoms with van der Waals surface area (Å²) in [5.74, 6) is 0.322. The zero-order valence-electron chi connectivity index (χ0n) is 19.3. The number of aryl methyl sites for hydroxylation is 1. The van der Waals surface area contributed by atoms with Gasteiger partial charge in [0.15, 0.2) is 0 Å². The maximum absolute atomic E-state index is 14.3. The molecule has 35 heavy (non-hydrogen) atoms. The lowest BCUT2D eigenvalue weighted by Crippen LogP contribution is -2.27. The molecule has 4 aromatic rings. The number of halogens is 2. The molecule has 6 nitrogen and oxygen atoms in total. The van der Waals surface area contributed by atoms with Gasteiger partial charge in [0.2, 0.25) is 0 Å². The molecule has 1 amide bonds. The quantitative estimate of drug-likeness (QED) is 0.397. The van der Waals surface area contributed by atoms with Crippen LogP contribution in [0, 0.1) is 0 Å². The van der Waals surface area contributed by atoms with Gasteiger partial charge in [0, 0.05) is 42.0 Å². The minimum absolute atomic E-state index is 0.0160. The number of hydrogen-bond donors (Lipinski definition) is 1. The normalized spacial score (nSPS) is 15.5. The van der Waals surface area contributed by atoms with Gasteiger partial charge in [-0.25, -0.2) is 13.8 Å². The molecular weight excluding hydrogens is 448 g/mol. The molecule has 1 aliphatic carbocycles. The summed E-state index contributed by atoms with van der Waals surface area (Å²) in [7, 11) is 1.57. The maximum Gasteiger partial charge on any atom is 0.269 e. The molecule has 0 atom stereocenters. The van der Waals surface area contributed by atoms with Crippen molar-refractivity contribution in [1.29, 1.82) is 0 Å². The Morgan fingerprint density at radius 3 is 2.77 bits per heavy atom. The lowest BCUT2D eigenvalue weighted by atomic mass is 9.93. The summed E-state index contributed by atoms with van der Waals surface area (Å²) in [5.41, 5.74) is 3.24. The van der Waals surface area contributed by atoms with Crippen LogP contribution in [-0.4, -0.2) is 34.3 Å². The molecular formula is C27H25F2N5O. The van der Waals surface area contributed by atoms with Crippen LogP contribution in [-0.2, 0) is 6.42 Å². The van der Waals surface area contributed by atoms with Crippen molar-refractivity contribution in [2.24, 2.45) is 0 Å². The smallest absolute Gasteiger partial charge is 0.269 e. The van der Waals surface area contributed by atoms with Crippen LogP contribution in [0.3, 0.4) is 0 Å². The fourth-order valence-corrected chi connectivity index (χ4v) is 4.95. The summed E-state index contributed by atoms with van der Waals surface area (Å²) in [6.45, 7) is 0.628. The van der Waals surface area contributed by atoms with Crippen LogP contribution < -0.4 is 10.2 Å². The van der Waals surface area contributed by atoms with Crippen molar-refractivity contribution < 1.29 is 13.6 Å². The standard InChI is InChI=1S/C27H25F2N5O/c1-30-27(35)23-12-16-5-2-3-7-20(16)26(32-23)33-10-4-6-17-11-21(22(25(28)29)13-24(17)33)18-14-31-34(15-18)19-8-9-19/h2-3,5,7,11-15,19,25H,4,6,8-10H2,1H3,(H,30,35). The molecule has 1 N–H and O–H groups in total. The summed E-state index contributed by atoms with van der Waals surface area (Å²) in [6.07, 6.45) is 4.73. The Bertz CT molecular complexity index is 1440. The Hall–Kier alpha value is -3.81. The number of nitrogens with one attached hydrogen (secondary N) is 1. The third-order valence-electron chi connectivity index (χ3n) is 6.87. The Kier molecular flexibility index (Phi) is 5.24. The second-order valence-electron chi connectivity index (χ2n) is 9.20. The van der Waals surface area contributed by atoms with E-state index in [1.807, 2.05) is 46.1 Å². The summed E-state index contributed by atoms with van der Waals surface area (Å²) in [5, 5.41) is 8.80. The monoisotopic (exact) mass is 473 g/mol. The summed E-state index contributed by atoms with van der Waals surface area (Å²) >= 11 is 0. The third-order valence-corrected chi connectivity index (χ3v) is 6.87. The van der Waals surface area contributed by atoms with Gasteiger partial charge in [-0.2, -0.15) is 5.10 Å². The van der Waals surface area contributed by atoms with Gasteiger partial charge < -0.3 is 10.2 Å². The molecule has 0 radical (unpaired) electrons. The number of carbonyl (C=O) groups excluding carboxylic acids is 1. The van der Waals surface area contributed by atoms with E-state index in [0.29, 0.717) is 29.7 Å². The molecule has 0 saturated heterocycles. The van der Waals surface area contributed by atoms with E-state index < -0.39 is 6.43 Å². The van der Waals surface area contributed by atoms with Crippen molar-refractivity contribution >= 4 is 28.2 Å². The van der Waals surface area contributed by atoms with Crippen molar-refractivity contribution in [1.82, 2.24) is 20.1 Å². The van der Waals surface area contributed by atoms with Crippen molar-refractivity contribution in [3.05, 3.63) is 71.7 Å². The van der Waals surface area contributed by atoms with Crippen LogP contribution >= 0.6 is 0 Å². The topological polar surface area (TPSA) is 63.1 Å². The summed E-state index contributed by atoms with van der Waals surface area (Å²) in [4.78, 5) is 19.1. The van der Waals surface area contributed by atoms with E-state index in [1.54, 1.807) is 25.4 Å². The van der Waals surface area contributed by atoms with Gasteiger partial charge in [-0.3, -0.25) is 9.48 Å². The number of rotatable bonds is 5. The molecule has 2 aromatic carbocycles. The second-order valence-corrected chi connectivity index (χ2v) is 9.20. The van der Waals surface area contributed by atoms with Crippen LogP contribution in [0.5, 0.6) is 0 Å². The Labute approximate surface area is 201 Å². The molecule has 1 aliphatic heterocycles. The lowest BCUT2D eigenvalue weighted by molar-refractivity contribution is 0.0958. The van der Waals surface area contributed by atoms with E-state index >= 15 is 0 Å². The van der Waals surface area contributed by atoms with Crippen molar-refractivity contribution in [3.63, 3.8) is 0 Å². The molecule has 178 valence electrons. The van der Waals surface area contributed by atoms with Crippen molar-refractivity contribution in [2.45, 2.75) is 38.2 Å². The third kappa shape index (κ3) is 3.83. The van der Waals surface area contributed by atoms with E-state index in [9.17, 15) is 13.6 Å². The van der Waals surface area contributed by atoms with Crippen molar-refractivity contribution in [2.75, 3.05) is 18.5 Å². The number of amides is 1. The highest BCUT2D eigenvalue weighted by atomic mass is 19.3. The lowest BCUT2D eigenvalue weighted by Gasteiger charge is -2.32. The number of pyridine rings is 1. The zero-order valence-corrected chi connectivity index (χ0v) is 19.3. The van der Waals surface area contributed by atoms with Gasteiger partial charge in [-0.05, 0) is 60.4 Å². The van der Waals surface area contributed by atoms with Crippen LogP contribution in [0.25, 0.3) is 21.9 Å². The maximum atomic E-state index is 14.3. The predicted molar refractivity (Wildman–Crippen MR) is 131 cm³/mol. The van der Waals surface area contributed by atoms with Gasteiger partial charge in [0.1, 0.15) is 11.5 Å². The van der Waals surface area contributed by atoms with Gasteiger partial charge in [-0.15, -0.1) is 0 Å². The second kappa shape index (κ2) is 8.45. The number of hydrogen-bond acceptors (Lipinski definition) is 4. The van der Waals surface area contributed by atoms with Gasteiger partial charge in [0.05, 0.1) is 12.2 Å². The Morgan fingerprint density at radius 2 is 2.00 bits per heavy atom. The van der Waals surface area contributed by atoms with E-state index in [1.165, 1.54) is 0 Å². The predicted octanol–water partition coefficient (Wildman–Crippen LogP) is 5.81. The first-order chi connectivity index (χ1) is 17.0. The zero-order chi connectivity index (χ0) is 24.1. The van der Waals surface area contributed by atoms with E-state index in [4.69, 9.17) is 4.98 Å². The molecule has 0 unspecified atom stereocenters. The fraction of sp³-hybridized carbons (Fsp3) is 0.296. The first-order valence-corrected chi connectivity index (χ1v) is 11.9. The number of nitrogens with zero attached hydrogens (tertiary/aromatic N) is 4. The number of benzene rings is 2. The Balaban J connectivity index is 1.51. The average Bonchev–Trinajstić information content (AvgIpc) is 3.62. The first-order valence-electron chi connectivity index (χ1n) is 11.9. The number of aromatic nitrogens is 3. The molecule has 2 aromatic heterocycles. The number of alkyl halides is 2. The highest BCUT2D eigenvalue weighted by Crippen LogP contribution is 2.43. The van der Waals surface area contributed by atoms with Gasteiger partial charge in [0.25, 0.3) is 12.3 Å². The van der Waals surface area contributed by atoms with Gasteiger partial charge >= 0.3 is 0 Å². The molecule has 1 fully saturated rings. The number of carbonyl (C=O) groups is 1. The van der Waals surface area contributed by atoms with E-state index in [0.717, 1.165) is 53.3 Å². The Morgan fingerprint density at radius 1 is 1.17 bits per heavy atom. The van der Waals surface area contributed by atoms with Crippen molar-refractivity contribution in [3.8, 4) is 11.1 Å². The molecule has 2 aliphatic rings. The molecule has 0 bridgehead atoms. The highest BCUT2D eigenvalue weighted by molar-refractivity contribution is 6.01. The molecule has 0 spiro atoms. The fourth-order valence-electron chi connectivity index (χ4n) is 4.95. The number of fused-ring (bicyclic) bond motifs is 2. The largest absolute Gasteiger partial charge is 0.354 e. The minimum atomic E-state index is -2.63. The van der Waals surface area contributed by atoms with E-state index in [-0.39, 0.29) is 11.5 Å². The molecule has 1 saturated carbocycles. The molecule has 3 heterocycles. The van der Waals surface area contributed by atoms with E-state index in [2.05, 4.69) is 10.4 Å². The van der Waals surface area contributed by atoms with Crippen LogP contribution in [0.1, 0.15) is 53.3 Å². The highest BCUT2D eigenvalue weighted by Gasteiger charge is 2.28. The van der Waals surface area contributed by atoms with Crippen LogP contribution in [0.15, 0.2) is 54.9 Å². The summed E-state index contributed by atoms with van der Waals surface area (Å²) in [6, 6.07) is 13.4. The molecule has 8 heteroatoms. The molecule has 6 rings (SSSR count). The minimum Gasteiger partial charge on any atom is -0.354 e. The van der Waals surface area contributed by atoms with Crippen LogP contribution in [0.4, 0.5) is 20.3 Å². The number of anilines is 2. The SMILES string of the molecule is CNC(=O)c1cc2ccccc2c(N2CCCc3cc(-c4cnn(C5CC5)c4)c(C(F)F)cc32)n1. The van der Waals surface area contributed by atoms with Crippen LogP contribution in [0.2, 0.25) is 0 Å². The van der Waals surface area contributed by atoms with Gasteiger partial charge in [-0.1, -0.05) is 24.3 Å². The first kappa shape index (κ1) is 21.7. The summed E-state index contributed by atoms with van der Waals surface area (Å²) < 4.78 is 30.6. The average molecular weight is 474 g/mol.